The molecule has 3 saturated heterocycles. The number of nitrogens with two attached hydrogens (primary N) is 1. The Kier molecular flexibility index (Phi) is 48.8. The van der Waals surface area contributed by atoms with E-state index in [1.807, 2.05) is 30.3 Å². The summed E-state index contributed by atoms with van der Waals surface area (Å²) in [5, 5.41) is 53.6. The highest BCUT2D eigenvalue weighted by molar-refractivity contribution is 14.3. The third kappa shape index (κ3) is 45.2. The van der Waals surface area contributed by atoms with E-state index in [1.54, 1.807) is 41.5 Å². The van der Waals surface area contributed by atoms with Gasteiger partial charge < -0.3 is 61.4 Å². The molecule has 2 amide bonds. The summed E-state index contributed by atoms with van der Waals surface area (Å²) in [7, 11) is 0. The van der Waals surface area contributed by atoms with Gasteiger partial charge in [0.2, 0.25) is 0 Å². The summed E-state index contributed by atoms with van der Waals surface area (Å²) in [5.41, 5.74) is 14.3. The van der Waals surface area contributed by atoms with Crippen LogP contribution >= 0.6 is 67.8 Å². The number of nitrogens with one attached hydrogen (secondary N) is 1. The lowest BCUT2D eigenvalue weighted by Crippen LogP contribution is -2.56. The first-order valence-corrected chi connectivity index (χ1v) is 38.6. The summed E-state index contributed by atoms with van der Waals surface area (Å²) in [5.74, 6) is -2.54. The fourth-order valence-electron chi connectivity index (χ4n) is 10.8. The van der Waals surface area contributed by atoms with E-state index in [-0.39, 0.29) is 43.9 Å². The van der Waals surface area contributed by atoms with Gasteiger partial charge in [-0.25, -0.2) is 9.59 Å². The van der Waals surface area contributed by atoms with Crippen LogP contribution in [0.3, 0.4) is 0 Å². The maximum absolute atomic E-state index is 12.4. The molecular weight excluding hydrogens is 1530 g/mol. The zero-order valence-electron chi connectivity index (χ0n) is 58.6. The quantitative estimate of drug-likeness (QED) is 0.0171. The van der Waals surface area contributed by atoms with Crippen molar-refractivity contribution in [3.8, 4) is 0 Å². The van der Waals surface area contributed by atoms with Gasteiger partial charge in [-0.05, 0) is 148 Å². The fourth-order valence-corrected chi connectivity index (χ4v) is 10.8. The van der Waals surface area contributed by atoms with E-state index >= 15 is 0 Å². The molecule has 0 spiro atoms. The van der Waals surface area contributed by atoms with Crippen LogP contribution in [0.2, 0.25) is 0 Å². The van der Waals surface area contributed by atoms with Gasteiger partial charge >= 0.3 is 12.2 Å². The molecule has 0 bridgehead atoms. The van der Waals surface area contributed by atoms with Gasteiger partial charge in [-0.15, -0.1) is 0 Å². The number of piperidine rings is 3. The third-order valence-electron chi connectivity index (χ3n) is 16.1. The number of aliphatic hydroxyl groups excluding tert-OH is 3. The van der Waals surface area contributed by atoms with Crippen molar-refractivity contribution in [3.05, 3.63) is 101 Å². The molecule has 9 N–H and O–H groups in total. The molecule has 3 aliphatic heterocycles. The molecule has 536 valence electrons. The van der Waals surface area contributed by atoms with Crippen LogP contribution in [0.25, 0.3) is 0 Å². The van der Waals surface area contributed by atoms with Gasteiger partial charge in [0, 0.05) is 30.8 Å². The zero-order chi connectivity index (χ0) is 70.5. The van der Waals surface area contributed by atoms with E-state index in [0.717, 1.165) is 40.4 Å². The molecule has 20 heteroatoms. The molecule has 0 radical (unpaired) electrons. The lowest BCUT2D eigenvalue weighted by Gasteiger charge is -2.38. The summed E-state index contributed by atoms with van der Waals surface area (Å²) < 4.78 is 11.0. The van der Waals surface area contributed by atoms with Crippen LogP contribution in [-0.4, -0.2) is 122 Å². The highest BCUT2D eigenvalue weighted by atomic mass is 127. The monoisotopic (exact) mass is 1650 g/mol. The first-order chi connectivity index (χ1) is 44.5. The minimum absolute atomic E-state index is 0.0123. The Labute approximate surface area is 607 Å². The predicted octanol–water partition coefficient (Wildman–Crippen LogP) is 13.7. The van der Waals surface area contributed by atoms with Crippen LogP contribution in [0.4, 0.5) is 15.3 Å². The number of anilines is 1. The number of hydrogen-bond donors (Lipinski definition) is 6. The Morgan fingerprint density at radius 2 is 0.894 bits per heavy atom. The normalized spacial score (nSPS) is 18.9. The number of ether oxygens (including phenoxy) is 2. The molecule has 3 heterocycles. The number of aliphatic carboxylic acids is 2. The van der Waals surface area contributed by atoms with E-state index in [4.69, 9.17) is 15.2 Å². The average Bonchev–Trinajstić information content (AvgIpc) is 0.859. The van der Waals surface area contributed by atoms with Crippen molar-refractivity contribution in [1.82, 2.24) is 15.1 Å². The predicted molar refractivity (Wildman–Crippen MR) is 402 cm³/mol. The second-order valence-electron chi connectivity index (χ2n) is 27.2. The van der Waals surface area contributed by atoms with E-state index in [9.17, 15) is 49.5 Å². The van der Waals surface area contributed by atoms with Crippen molar-refractivity contribution >= 4 is 103 Å². The summed E-state index contributed by atoms with van der Waals surface area (Å²) in [6.07, 6.45) is 29.4. The number of hydrogen-bond acceptors (Lipinski definition) is 14. The van der Waals surface area contributed by atoms with E-state index in [1.165, 1.54) is 152 Å². The molecule has 3 aromatic carbocycles. The van der Waals surface area contributed by atoms with Crippen molar-refractivity contribution < 1.29 is 64.7 Å². The van der Waals surface area contributed by atoms with Gasteiger partial charge in [0.05, 0.1) is 48.4 Å². The average molecular weight is 1650 g/mol. The zero-order valence-corrected chi connectivity index (χ0v) is 65.1. The number of rotatable bonds is 28. The van der Waals surface area contributed by atoms with Crippen molar-refractivity contribution in [3.63, 3.8) is 0 Å². The number of likely N-dealkylation sites (tertiary alicyclic amines) is 2. The fraction of sp³-hybridized carbons (Fsp3) is 0.689. The summed E-state index contributed by atoms with van der Waals surface area (Å²) >= 11 is 6.95. The number of aliphatic hydroxyl groups is 3. The van der Waals surface area contributed by atoms with Crippen molar-refractivity contribution in [1.29, 1.82) is 0 Å². The van der Waals surface area contributed by atoms with Crippen LogP contribution in [-0.2, 0) is 43.1 Å². The van der Waals surface area contributed by atoms with Gasteiger partial charge in [-0.2, -0.15) is 0 Å². The highest BCUT2D eigenvalue weighted by Gasteiger charge is 2.36. The third-order valence-corrected chi connectivity index (χ3v) is 16.1. The smallest absolute Gasteiger partial charge is 0.410 e. The number of alkyl halides is 3. The number of carboxylic acid groups (broad SMARTS) is 2. The van der Waals surface area contributed by atoms with Crippen LogP contribution in [0, 0.1) is 0 Å². The summed E-state index contributed by atoms with van der Waals surface area (Å²) in [4.78, 5) is 60.0. The Hall–Kier alpha value is -3.40. The number of nitrogens with zero attached hydrogens (tertiary/aromatic N) is 2. The maximum Gasteiger partial charge on any atom is 0.410 e. The van der Waals surface area contributed by atoms with Crippen LogP contribution in [0.15, 0.2) is 78.9 Å². The Morgan fingerprint density at radius 3 is 1.22 bits per heavy atom. The first kappa shape index (κ1) is 88.6. The van der Waals surface area contributed by atoms with Gasteiger partial charge in [0.15, 0.2) is 5.78 Å². The molecule has 6 rings (SSSR count). The molecule has 3 aromatic rings. The molecule has 17 nitrogen and oxygen atoms in total. The number of carbonyl (C=O) groups excluding carboxylic acids is 5. The largest absolute Gasteiger partial charge is 0.548 e. The second kappa shape index (κ2) is 51.7. The molecule has 0 aliphatic carbocycles. The van der Waals surface area contributed by atoms with E-state index < -0.39 is 59.6 Å². The van der Waals surface area contributed by atoms with Crippen LogP contribution < -0.4 is 27.0 Å². The molecule has 3 fully saturated rings. The molecule has 0 saturated carbocycles. The number of unbranched alkanes of at least 4 members (excludes halogenated alkanes) is 18. The number of halogens is 3. The number of nitrogen functional groups attached to an aromatic ring is 1. The number of amides is 2. The van der Waals surface area contributed by atoms with Gasteiger partial charge in [-0.1, -0.05) is 264 Å². The van der Waals surface area contributed by atoms with E-state index in [2.05, 4.69) is 148 Å². The lowest BCUT2D eigenvalue weighted by atomic mass is 9.94. The minimum Gasteiger partial charge on any atom is -0.548 e. The Balaban J connectivity index is 0.000000599. The van der Waals surface area contributed by atoms with Gasteiger partial charge in [0.25, 0.3) is 0 Å². The lowest BCUT2D eigenvalue weighted by molar-refractivity contribution is -0.420. The van der Waals surface area contributed by atoms with Crippen molar-refractivity contribution in [2.24, 2.45) is 0 Å². The standard InChI is InChI=1S/C25H41NO2.C18H31N.2C11H19NO5.C8H11N.CHI3/c1-2-3-4-5-6-7-8-9-10-11-12-21-13-15-22(16-14-21)19-25(28)24-20-23(27)17-18-26-24;1-2-3-4-5-6-7-8-9-10-11-12-17-13-15-18(19)16-14-17;2*1-11(2,3)17-10(16)12-5-4-7(13)6-8(12)9(14)15;1-7(9)8-5-3-2-4-6-8;2-1(3)4/h13-16,23-24,26-27H,2-12,17-20H2,1H3;13-16H,2-12,19H2,1H3;2*7-8,13H,4-6H2,1-3H3,(H,14,15);2-7H,9H2,1H3;1H/p-1/t23-,24?;;2*7-,8-;;/m1.11../s1. The minimum atomic E-state index is -1.37. The maximum atomic E-state index is 12.4. The summed E-state index contributed by atoms with van der Waals surface area (Å²) in [6, 6.07) is 25.2. The molecule has 2 unspecified atom stereocenters. The Bertz CT molecular complexity index is 2400. The number of carboxylic acids is 2. The molecular formula is C74H121I3N5O12-. The number of benzene rings is 3. The summed E-state index contributed by atoms with van der Waals surface area (Å²) in [6.45, 7) is 17.9. The number of aryl methyl sites for hydroxylation is 2. The van der Waals surface area contributed by atoms with Crippen LogP contribution in [0.5, 0.6) is 0 Å². The number of quaternary nitrogens is 1. The molecule has 94 heavy (non-hydrogen) atoms. The second-order valence-corrected chi connectivity index (χ2v) is 38.1. The van der Waals surface area contributed by atoms with Gasteiger partial charge in [0.1, 0.15) is 17.2 Å². The van der Waals surface area contributed by atoms with Crippen LogP contribution in [0.1, 0.15) is 258 Å². The topological polar surface area (TPSA) is 283 Å². The highest BCUT2D eigenvalue weighted by Crippen LogP contribution is 2.24. The van der Waals surface area contributed by atoms with Gasteiger partial charge in [-0.3, -0.25) is 14.6 Å². The van der Waals surface area contributed by atoms with Crippen molar-refractivity contribution in [2.75, 3.05) is 25.4 Å². The van der Waals surface area contributed by atoms with Crippen molar-refractivity contribution in [2.45, 2.75) is 302 Å². The molecule has 7 atom stereocenters. The SMILES string of the molecule is CC(C)(C)OC(=O)N1CC[C@@H](O)C[C@@H]1C(=O)[O-].CC(C)(C)OC(=O)N1CC[C@@H](O)C[C@@H]1C(=O)[O-].CC([NH3+])c1ccccc1.CCCCCCCCCCCCc1ccc(CC(=O)C2C[C@H](O)CCN2)cc1.CCCCCCCCCCCCc1ccc(N)cc1.IC(I)I. The number of carbonyl (C=O) groups is 5. The Morgan fingerprint density at radius 1 is 0.553 bits per heavy atom. The first-order valence-electron chi connectivity index (χ1n) is 34.9. The van der Waals surface area contributed by atoms with E-state index in [0.29, 0.717) is 31.7 Å². The molecule has 3 aliphatic rings. The number of Topliss-reactive ketones (excluding diaryl/α,β-unsaturated/α-hetero) is 1. The number of ketones is 1. The molecule has 0 aromatic heterocycles.